The molecule has 0 heterocycles. The minimum Gasteiger partial charge on any atom is -0.480 e. The minimum absolute atomic E-state index is 0.160. The van der Waals surface area contributed by atoms with E-state index in [1.54, 1.807) is 0 Å². The second-order valence-electron chi connectivity index (χ2n) is 4.15. The topological polar surface area (TPSA) is 136 Å². The molecule has 0 aliphatic rings. The van der Waals surface area contributed by atoms with E-state index in [4.69, 9.17) is 5.11 Å². The average Bonchev–Trinajstić information content (AvgIpc) is 2.38. The highest BCUT2D eigenvalue weighted by Crippen LogP contribution is 2.13. The molecule has 0 bridgehead atoms. The second kappa shape index (κ2) is 7.11. The number of rotatable bonds is 8. The predicted molar refractivity (Wildman–Crippen MR) is 72.2 cm³/mol. The van der Waals surface area contributed by atoms with Crippen LogP contribution in [0.1, 0.15) is 5.56 Å². The van der Waals surface area contributed by atoms with Crippen molar-refractivity contribution in [3.8, 4) is 0 Å². The quantitative estimate of drug-likeness (QED) is 0.513. The number of nitro benzene ring substituents is 1. The number of methoxy groups -OCH3 is 1. The zero-order valence-electron chi connectivity index (χ0n) is 11.1. The standard InChI is InChI=1S/C11H14N2O7S/c1-20-6-10(11(14)15)12-21(18,19)7-8-2-4-9(5-3-8)13(16)17/h2-5,10,12H,6-7H2,1H3,(H,14,15). The number of carboxylic acid groups (broad SMARTS) is 1. The number of carbonyl (C=O) groups is 1. The lowest BCUT2D eigenvalue weighted by Gasteiger charge is -2.13. The minimum atomic E-state index is -3.91. The molecule has 116 valence electrons. The molecule has 0 radical (unpaired) electrons. The Morgan fingerprint density at radius 2 is 2.00 bits per heavy atom. The third-order valence-electron chi connectivity index (χ3n) is 2.46. The maximum absolute atomic E-state index is 11.8. The fourth-order valence-corrected chi connectivity index (χ4v) is 2.83. The molecule has 21 heavy (non-hydrogen) atoms. The number of ether oxygens (including phenoxy) is 1. The van der Waals surface area contributed by atoms with Crippen LogP contribution in [0, 0.1) is 10.1 Å². The molecule has 1 unspecified atom stereocenters. The van der Waals surface area contributed by atoms with E-state index < -0.39 is 32.7 Å². The molecule has 10 heteroatoms. The number of benzene rings is 1. The molecular formula is C11H14N2O7S. The molecule has 2 N–H and O–H groups in total. The van der Waals surface area contributed by atoms with Gasteiger partial charge in [0.1, 0.15) is 6.04 Å². The van der Waals surface area contributed by atoms with Crippen molar-refractivity contribution in [1.29, 1.82) is 0 Å². The van der Waals surface area contributed by atoms with Crippen LogP contribution in [-0.2, 0) is 25.3 Å². The van der Waals surface area contributed by atoms with E-state index >= 15 is 0 Å². The molecule has 1 aromatic carbocycles. The first-order valence-electron chi connectivity index (χ1n) is 5.70. The van der Waals surface area contributed by atoms with Crippen LogP contribution in [0.3, 0.4) is 0 Å². The van der Waals surface area contributed by atoms with Crippen molar-refractivity contribution >= 4 is 21.7 Å². The lowest BCUT2D eigenvalue weighted by molar-refractivity contribution is -0.384. The summed E-state index contributed by atoms with van der Waals surface area (Å²) in [5.41, 5.74) is 0.140. The number of aliphatic carboxylic acids is 1. The van der Waals surface area contributed by atoms with Crippen molar-refractivity contribution in [2.45, 2.75) is 11.8 Å². The van der Waals surface area contributed by atoms with Gasteiger partial charge in [0.15, 0.2) is 0 Å². The van der Waals surface area contributed by atoms with Crippen LogP contribution < -0.4 is 4.72 Å². The molecule has 0 aliphatic carbocycles. The van der Waals surface area contributed by atoms with Gasteiger partial charge in [-0.2, -0.15) is 4.72 Å². The summed E-state index contributed by atoms with van der Waals surface area (Å²) < 4.78 is 30.3. The number of non-ortho nitro benzene ring substituents is 1. The smallest absolute Gasteiger partial charge is 0.324 e. The number of sulfonamides is 1. The van der Waals surface area contributed by atoms with Crippen molar-refractivity contribution in [3.63, 3.8) is 0 Å². The van der Waals surface area contributed by atoms with Gasteiger partial charge in [-0.1, -0.05) is 12.1 Å². The maximum Gasteiger partial charge on any atom is 0.324 e. The Morgan fingerprint density at radius 3 is 2.43 bits per heavy atom. The molecule has 1 aromatic rings. The molecule has 0 fully saturated rings. The van der Waals surface area contributed by atoms with E-state index in [0.29, 0.717) is 5.56 Å². The Bertz CT molecular complexity index is 612. The fraction of sp³-hybridized carbons (Fsp3) is 0.364. The number of hydrogen-bond donors (Lipinski definition) is 2. The largest absolute Gasteiger partial charge is 0.480 e. The number of nitro groups is 1. The predicted octanol–water partition coefficient (Wildman–Crippen LogP) is 0.114. The van der Waals surface area contributed by atoms with Gasteiger partial charge >= 0.3 is 5.97 Å². The molecular weight excluding hydrogens is 304 g/mol. The van der Waals surface area contributed by atoms with Crippen LogP contribution in [0.25, 0.3) is 0 Å². The lowest BCUT2D eigenvalue weighted by Crippen LogP contribution is -2.44. The highest BCUT2D eigenvalue weighted by Gasteiger charge is 2.24. The van der Waals surface area contributed by atoms with Crippen LogP contribution in [0.5, 0.6) is 0 Å². The summed E-state index contributed by atoms with van der Waals surface area (Å²) in [5.74, 6) is -1.84. The first kappa shape index (κ1) is 17.0. The summed E-state index contributed by atoms with van der Waals surface area (Å²) in [5, 5.41) is 19.3. The van der Waals surface area contributed by atoms with Gasteiger partial charge in [-0.15, -0.1) is 0 Å². The second-order valence-corrected chi connectivity index (χ2v) is 5.90. The first-order valence-corrected chi connectivity index (χ1v) is 7.35. The van der Waals surface area contributed by atoms with Crippen LogP contribution in [0.15, 0.2) is 24.3 Å². The Morgan fingerprint density at radius 1 is 1.43 bits per heavy atom. The SMILES string of the molecule is COCC(NS(=O)(=O)Cc1ccc([N+](=O)[O-])cc1)C(=O)O. The summed E-state index contributed by atoms with van der Waals surface area (Å²) >= 11 is 0. The normalized spacial score (nSPS) is 12.8. The number of carboxylic acids is 1. The van der Waals surface area contributed by atoms with E-state index in [9.17, 15) is 23.3 Å². The van der Waals surface area contributed by atoms with Gasteiger partial charge in [0.25, 0.3) is 5.69 Å². The Kier molecular flexibility index (Phi) is 5.76. The molecule has 0 spiro atoms. The monoisotopic (exact) mass is 318 g/mol. The van der Waals surface area contributed by atoms with Gasteiger partial charge in [-0.05, 0) is 5.56 Å². The molecule has 9 nitrogen and oxygen atoms in total. The van der Waals surface area contributed by atoms with Crippen molar-refractivity contribution in [3.05, 3.63) is 39.9 Å². The van der Waals surface area contributed by atoms with Crippen LogP contribution >= 0.6 is 0 Å². The molecule has 0 aliphatic heterocycles. The third kappa shape index (κ3) is 5.45. The first-order chi connectivity index (χ1) is 9.75. The number of nitrogens with one attached hydrogen (secondary N) is 1. The highest BCUT2D eigenvalue weighted by molar-refractivity contribution is 7.88. The molecule has 0 amide bonds. The highest BCUT2D eigenvalue weighted by atomic mass is 32.2. The summed E-state index contributed by atoms with van der Waals surface area (Å²) in [6, 6.07) is 3.55. The summed E-state index contributed by atoms with van der Waals surface area (Å²) in [4.78, 5) is 20.7. The Balaban J connectivity index is 2.79. The van der Waals surface area contributed by atoms with Crippen LogP contribution in [0.2, 0.25) is 0 Å². The lowest BCUT2D eigenvalue weighted by atomic mass is 10.2. The van der Waals surface area contributed by atoms with Gasteiger partial charge in [0, 0.05) is 19.2 Å². The molecule has 0 saturated carbocycles. The summed E-state index contributed by atoms with van der Waals surface area (Å²) in [6.07, 6.45) is 0. The summed E-state index contributed by atoms with van der Waals surface area (Å²) in [7, 11) is -2.66. The van der Waals surface area contributed by atoms with E-state index in [2.05, 4.69) is 4.74 Å². The zero-order chi connectivity index (χ0) is 16.0. The van der Waals surface area contributed by atoms with Crippen molar-refractivity contribution in [2.24, 2.45) is 0 Å². The number of hydrogen-bond acceptors (Lipinski definition) is 6. The maximum atomic E-state index is 11.8. The molecule has 0 aromatic heterocycles. The Labute approximate surface area is 120 Å². The van der Waals surface area contributed by atoms with Crippen LogP contribution in [0.4, 0.5) is 5.69 Å². The Hall–Kier alpha value is -2.04. The average molecular weight is 318 g/mol. The van der Waals surface area contributed by atoms with Crippen molar-refractivity contribution < 1.29 is 28.0 Å². The van der Waals surface area contributed by atoms with Gasteiger partial charge in [0.05, 0.1) is 17.3 Å². The summed E-state index contributed by atoms with van der Waals surface area (Å²) in [6.45, 7) is -0.311. The zero-order valence-corrected chi connectivity index (χ0v) is 11.9. The van der Waals surface area contributed by atoms with Crippen molar-refractivity contribution in [1.82, 2.24) is 4.72 Å². The number of nitrogens with zero attached hydrogens (tertiary/aromatic N) is 1. The van der Waals surface area contributed by atoms with Crippen LogP contribution in [-0.4, -0.2) is 44.2 Å². The van der Waals surface area contributed by atoms with E-state index in [0.717, 1.165) is 0 Å². The van der Waals surface area contributed by atoms with E-state index in [1.165, 1.54) is 31.4 Å². The van der Waals surface area contributed by atoms with E-state index in [-0.39, 0.29) is 12.3 Å². The van der Waals surface area contributed by atoms with Gasteiger partial charge in [-0.3, -0.25) is 14.9 Å². The van der Waals surface area contributed by atoms with Crippen molar-refractivity contribution in [2.75, 3.05) is 13.7 Å². The molecule has 1 rings (SSSR count). The molecule has 1 atom stereocenters. The van der Waals surface area contributed by atoms with E-state index in [1.807, 2.05) is 4.72 Å². The molecule has 0 saturated heterocycles. The fourth-order valence-electron chi connectivity index (χ4n) is 1.51. The third-order valence-corrected chi connectivity index (χ3v) is 3.81. The van der Waals surface area contributed by atoms with Gasteiger partial charge in [0.2, 0.25) is 10.0 Å². The van der Waals surface area contributed by atoms with Gasteiger partial charge in [-0.25, -0.2) is 8.42 Å². The van der Waals surface area contributed by atoms with Gasteiger partial charge < -0.3 is 9.84 Å².